The van der Waals surface area contributed by atoms with Crippen LogP contribution in [0.25, 0.3) is 0 Å². The number of ether oxygens (including phenoxy) is 1. The number of hydrogen-bond donors (Lipinski definition) is 2. The highest BCUT2D eigenvalue weighted by Crippen LogP contribution is 2.18. The van der Waals surface area contributed by atoms with Crippen molar-refractivity contribution in [2.24, 2.45) is 0 Å². The molecule has 1 aromatic carbocycles. The van der Waals surface area contributed by atoms with Crippen molar-refractivity contribution in [3.05, 3.63) is 29.8 Å². The van der Waals surface area contributed by atoms with E-state index in [0.29, 0.717) is 11.8 Å². The summed E-state index contributed by atoms with van der Waals surface area (Å²) in [4.78, 5) is 11.8. The standard InChI is InChI=1S/C16H23NO3/c1-12(18)13-7-9-15(10-8-13)20-11-16(19)17-14-5-3-2-4-6-14/h7-10,12,14,18H,2-6,11H2,1H3,(H,17,19)/t12-/m1/s1. The van der Waals surface area contributed by atoms with Gasteiger partial charge in [-0.25, -0.2) is 0 Å². The molecule has 1 aromatic rings. The Labute approximate surface area is 120 Å². The number of hydrogen-bond acceptors (Lipinski definition) is 3. The first-order valence-electron chi connectivity index (χ1n) is 7.35. The minimum absolute atomic E-state index is 0.0462. The molecule has 0 heterocycles. The molecular formula is C16H23NO3. The molecule has 2 N–H and O–H groups in total. The fourth-order valence-electron chi connectivity index (χ4n) is 2.51. The number of nitrogens with one attached hydrogen (secondary N) is 1. The van der Waals surface area contributed by atoms with Crippen LogP contribution in [-0.4, -0.2) is 23.7 Å². The maximum Gasteiger partial charge on any atom is 0.258 e. The van der Waals surface area contributed by atoms with Gasteiger partial charge in [0, 0.05) is 6.04 Å². The van der Waals surface area contributed by atoms with E-state index in [4.69, 9.17) is 4.74 Å². The lowest BCUT2D eigenvalue weighted by atomic mass is 9.95. The van der Waals surface area contributed by atoms with Crippen LogP contribution in [0, 0.1) is 0 Å². The van der Waals surface area contributed by atoms with E-state index in [0.717, 1.165) is 18.4 Å². The maximum absolute atomic E-state index is 11.8. The van der Waals surface area contributed by atoms with Gasteiger partial charge in [-0.2, -0.15) is 0 Å². The predicted octanol–water partition coefficient (Wildman–Crippen LogP) is 2.57. The Morgan fingerprint density at radius 2 is 1.95 bits per heavy atom. The molecule has 1 amide bonds. The Balaban J connectivity index is 1.74. The van der Waals surface area contributed by atoms with Crippen LogP contribution >= 0.6 is 0 Å². The van der Waals surface area contributed by atoms with E-state index >= 15 is 0 Å². The molecule has 0 aromatic heterocycles. The summed E-state index contributed by atoms with van der Waals surface area (Å²) in [5.74, 6) is 0.588. The summed E-state index contributed by atoms with van der Waals surface area (Å²) >= 11 is 0. The van der Waals surface area contributed by atoms with Crippen molar-refractivity contribution < 1.29 is 14.6 Å². The largest absolute Gasteiger partial charge is 0.484 e. The molecule has 0 spiro atoms. The summed E-state index contributed by atoms with van der Waals surface area (Å²) in [6, 6.07) is 7.47. The molecule has 4 heteroatoms. The lowest BCUT2D eigenvalue weighted by Crippen LogP contribution is -2.38. The number of aliphatic hydroxyl groups excluding tert-OH is 1. The second-order valence-electron chi connectivity index (χ2n) is 5.44. The molecular weight excluding hydrogens is 254 g/mol. The average Bonchev–Trinajstić information content (AvgIpc) is 2.46. The van der Waals surface area contributed by atoms with E-state index in [1.807, 2.05) is 0 Å². The highest BCUT2D eigenvalue weighted by atomic mass is 16.5. The van der Waals surface area contributed by atoms with Crippen molar-refractivity contribution in [2.75, 3.05) is 6.61 Å². The van der Waals surface area contributed by atoms with Crippen LogP contribution in [0.1, 0.15) is 50.7 Å². The molecule has 1 fully saturated rings. The zero-order chi connectivity index (χ0) is 14.4. The van der Waals surface area contributed by atoms with Gasteiger partial charge < -0.3 is 15.2 Å². The van der Waals surface area contributed by atoms with Gasteiger partial charge in [-0.1, -0.05) is 31.4 Å². The zero-order valence-electron chi connectivity index (χ0n) is 12.0. The highest BCUT2D eigenvalue weighted by Gasteiger charge is 2.15. The highest BCUT2D eigenvalue weighted by molar-refractivity contribution is 5.77. The summed E-state index contributed by atoms with van der Waals surface area (Å²) in [6.07, 6.45) is 5.35. The Hall–Kier alpha value is -1.55. The van der Waals surface area contributed by atoms with E-state index in [-0.39, 0.29) is 12.5 Å². The monoisotopic (exact) mass is 277 g/mol. The SMILES string of the molecule is C[C@@H](O)c1ccc(OCC(=O)NC2CCCCC2)cc1. The van der Waals surface area contributed by atoms with Gasteiger partial charge in [-0.05, 0) is 37.5 Å². The molecule has 4 nitrogen and oxygen atoms in total. The molecule has 2 rings (SSSR count). The van der Waals surface area contributed by atoms with Crippen LogP contribution < -0.4 is 10.1 Å². The molecule has 0 unspecified atom stereocenters. The molecule has 1 aliphatic carbocycles. The molecule has 0 aliphatic heterocycles. The van der Waals surface area contributed by atoms with E-state index in [1.165, 1.54) is 19.3 Å². The first kappa shape index (κ1) is 14.9. The van der Waals surface area contributed by atoms with Gasteiger partial charge in [0.05, 0.1) is 6.10 Å². The fourth-order valence-corrected chi connectivity index (χ4v) is 2.51. The quantitative estimate of drug-likeness (QED) is 0.869. The Bertz CT molecular complexity index is 422. The third kappa shape index (κ3) is 4.53. The topological polar surface area (TPSA) is 58.6 Å². The van der Waals surface area contributed by atoms with Crippen molar-refractivity contribution in [3.8, 4) is 5.75 Å². The van der Waals surface area contributed by atoms with Gasteiger partial charge in [-0.3, -0.25) is 4.79 Å². The lowest BCUT2D eigenvalue weighted by molar-refractivity contribution is -0.124. The summed E-state index contributed by atoms with van der Waals surface area (Å²) in [5.41, 5.74) is 0.837. The molecule has 1 saturated carbocycles. The number of carbonyl (C=O) groups is 1. The fraction of sp³-hybridized carbons (Fsp3) is 0.562. The summed E-state index contributed by atoms with van der Waals surface area (Å²) in [6.45, 7) is 1.76. The van der Waals surface area contributed by atoms with E-state index in [9.17, 15) is 9.90 Å². The number of amides is 1. The normalized spacial score (nSPS) is 17.5. The van der Waals surface area contributed by atoms with Gasteiger partial charge in [-0.15, -0.1) is 0 Å². The van der Waals surface area contributed by atoms with Crippen LogP contribution in [0.2, 0.25) is 0 Å². The third-order valence-corrected chi connectivity index (χ3v) is 3.70. The van der Waals surface area contributed by atoms with Gasteiger partial charge in [0.15, 0.2) is 6.61 Å². The Morgan fingerprint density at radius 1 is 1.30 bits per heavy atom. The second kappa shape index (κ2) is 7.29. The smallest absolute Gasteiger partial charge is 0.258 e. The van der Waals surface area contributed by atoms with Crippen molar-refractivity contribution in [3.63, 3.8) is 0 Å². The molecule has 1 atom stereocenters. The molecule has 110 valence electrons. The maximum atomic E-state index is 11.8. The van der Waals surface area contributed by atoms with Crippen LogP contribution in [0.5, 0.6) is 5.75 Å². The Morgan fingerprint density at radius 3 is 2.55 bits per heavy atom. The zero-order valence-corrected chi connectivity index (χ0v) is 12.0. The summed E-state index contributed by atoms with van der Waals surface area (Å²) in [7, 11) is 0. The van der Waals surface area contributed by atoms with E-state index in [2.05, 4.69) is 5.32 Å². The average molecular weight is 277 g/mol. The van der Waals surface area contributed by atoms with Gasteiger partial charge >= 0.3 is 0 Å². The minimum Gasteiger partial charge on any atom is -0.484 e. The lowest BCUT2D eigenvalue weighted by Gasteiger charge is -2.22. The third-order valence-electron chi connectivity index (χ3n) is 3.70. The van der Waals surface area contributed by atoms with Gasteiger partial charge in [0.2, 0.25) is 0 Å². The number of benzene rings is 1. The molecule has 20 heavy (non-hydrogen) atoms. The van der Waals surface area contributed by atoms with Crippen molar-refractivity contribution >= 4 is 5.91 Å². The molecule has 0 bridgehead atoms. The van der Waals surface area contributed by atoms with E-state index < -0.39 is 6.10 Å². The first-order chi connectivity index (χ1) is 9.65. The van der Waals surface area contributed by atoms with Gasteiger partial charge in [0.1, 0.15) is 5.75 Å². The second-order valence-corrected chi connectivity index (χ2v) is 5.44. The van der Waals surface area contributed by atoms with Crippen LogP contribution in [0.15, 0.2) is 24.3 Å². The number of aliphatic hydroxyl groups is 1. The number of rotatable bonds is 5. The van der Waals surface area contributed by atoms with E-state index in [1.54, 1.807) is 31.2 Å². The molecule has 1 aliphatic rings. The van der Waals surface area contributed by atoms with Crippen molar-refractivity contribution in [1.29, 1.82) is 0 Å². The molecule has 0 radical (unpaired) electrons. The Kier molecular flexibility index (Phi) is 5.41. The van der Waals surface area contributed by atoms with Crippen molar-refractivity contribution in [2.45, 2.75) is 51.2 Å². The minimum atomic E-state index is -0.487. The van der Waals surface area contributed by atoms with Crippen LogP contribution in [0.4, 0.5) is 0 Å². The first-order valence-corrected chi connectivity index (χ1v) is 7.35. The van der Waals surface area contributed by atoms with Crippen LogP contribution in [0.3, 0.4) is 0 Å². The predicted molar refractivity (Wildman–Crippen MR) is 77.6 cm³/mol. The number of carbonyl (C=O) groups excluding carboxylic acids is 1. The summed E-state index contributed by atoms with van der Waals surface area (Å²) < 4.78 is 5.45. The van der Waals surface area contributed by atoms with Gasteiger partial charge in [0.25, 0.3) is 5.91 Å². The molecule has 0 saturated heterocycles. The van der Waals surface area contributed by atoms with Crippen molar-refractivity contribution in [1.82, 2.24) is 5.32 Å². The van der Waals surface area contributed by atoms with Crippen LogP contribution in [-0.2, 0) is 4.79 Å². The summed E-state index contributed by atoms with van der Waals surface area (Å²) in [5, 5.41) is 12.4.